The molecular formula is C19H20Cl2N2O2. The van der Waals surface area contributed by atoms with Gasteiger partial charge in [0.1, 0.15) is 0 Å². The van der Waals surface area contributed by atoms with Gasteiger partial charge < -0.3 is 10.2 Å². The molecule has 1 N–H and O–H groups in total. The number of hydrogen-bond acceptors (Lipinski definition) is 2. The minimum absolute atomic E-state index is 0.0209. The molecule has 0 radical (unpaired) electrons. The van der Waals surface area contributed by atoms with Crippen LogP contribution in [0.5, 0.6) is 0 Å². The van der Waals surface area contributed by atoms with Gasteiger partial charge in [0.25, 0.3) is 0 Å². The van der Waals surface area contributed by atoms with Crippen LogP contribution in [-0.2, 0) is 16.0 Å². The molecule has 0 fully saturated rings. The third-order valence-electron chi connectivity index (χ3n) is 3.74. The smallest absolute Gasteiger partial charge is 0.244 e. The summed E-state index contributed by atoms with van der Waals surface area (Å²) in [5, 5.41) is 3.35. The highest BCUT2D eigenvalue weighted by Crippen LogP contribution is 2.29. The predicted molar refractivity (Wildman–Crippen MR) is 102 cm³/mol. The molecule has 0 aromatic heterocycles. The van der Waals surface area contributed by atoms with E-state index >= 15 is 0 Å². The van der Waals surface area contributed by atoms with Crippen molar-refractivity contribution in [1.29, 1.82) is 0 Å². The second-order valence-electron chi connectivity index (χ2n) is 5.68. The van der Waals surface area contributed by atoms with E-state index in [4.69, 9.17) is 23.2 Å². The fourth-order valence-electron chi connectivity index (χ4n) is 2.43. The van der Waals surface area contributed by atoms with Crippen LogP contribution in [0, 0.1) is 0 Å². The maximum Gasteiger partial charge on any atom is 0.244 e. The molecule has 0 unspecified atom stereocenters. The third kappa shape index (κ3) is 6.07. The fourth-order valence-corrected chi connectivity index (χ4v) is 2.78. The lowest BCUT2D eigenvalue weighted by atomic mass is 10.1. The maximum atomic E-state index is 12.2. The van der Waals surface area contributed by atoms with Gasteiger partial charge in [-0.15, -0.1) is 0 Å². The molecule has 6 heteroatoms. The number of nitrogens with zero attached hydrogens (tertiary/aromatic N) is 1. The Kier molecular flexibility index (Phi) is 7.29. The third-order valence-corrected chi connectivity index (χ3v) is 4.56. The molecule has 2 aromatic rings. The lowest BCUT2D eigenvalue weighted by Crippen LogP contribution is -2.37. The summed E-state index contributed by atoms with van der Waals surface area (Å²) in [7, 11) is 0. The maximum absolute atomic E-state index is 12.2. The SMILES string of the molecule is CC(=O)N(CCCc1ccccc1)CC(=O)Nc1cccc(Cl)c1Cl. The molecule has 25 heavy (non-hydrogen) atoms. The standard InChI is InChI=1S/C19H20Cl2N2O2/c1-14(24)23(12-6-9-15-7-3-2-4-8-15)13-18(25)22-17-11-5-10-16(20)19(17)21/h2-5,7-8,10-11H,6,9,12-13H2,1H3,(H,22,25). The molecule has 4 nitrogen and oxygen atoms in total. The van der Waals surface area contributed by atoms with Crippen molar-refractivity contribution >= 4 is 40.7 Å². The van der Waals surface area contributed by atoms with Gasteiger partial charge in [0.15, 0.2) is 0 Å². The molecule has 2 amide bonds. The molecule has 0 aliphatic carbocycles. The number of rotatable bonds is 7. The number of amides is 2. The van der Waals surface area contributed by atoms with Gasteiger partial charge in [0.05, 0.1) is 22.3 Å². The van der Waals surface area contributed by atoms with Gasteiger partial charge in [-0.1, -0.05) is 59.6 Å². The zero-order chi connectivity index (χ0) is 18.2. The van der Waals surface area contributed by atoms with E-state index in [1.807, 2.05) is 30.3 Å². The van der Waals surface area contributed by atoms with Crippen molar-refractivity contribution in [3.05, 3.63) is 64.1 Å². The Balaban J connectivity index is 1.88. The summed E-state index contributed by atoms with van der Waals surface area (Å²) in [4.78, 5) is 25.5. The molecule has 0 atom stereocenters. The first-order valence-electron chi connectivity index (χ1n) is 8.00. The number of carbonyl (C=O) groups is 2. The summed E-state index contributed by atoms with van der Waals surface area (Å²) < 4.78 is 0. The normalized spacial score (nSPS) is 10.4. The van der Waals surface area contributed by atoms with Crippen LogP contribution in [0.4, 0.5) is 5.69 Å². The monoisotopic (exact) mass is 378 g/mol. The van der Waals surface area contributed by atoms with Crippen molar-refractivity contribution in [2.45, 2.75) is 19.8 Å². The molecule has 0 saturated carbocycles. The van der Waals surface area contributed by atoms with E-state index in [1.54, 1.807) is 18.2 Å². The van der Waals surface area contributed by atoms with Crippen LogP contribution in [0.25, 0.3) is 0 Å². The lowest BCUT2D eigenvalue weighted by Gasteiger charge is -2.20. The molecule has 0 aliphatic heterocycles. The molecule has 0 heterocycles. The average molecular weight is 379 g/mol. The largest absolute Gasteiger partial charge is 0.334 e. The molecular weight excluding hydrogens is 359 g/mol. The van der Waals surface area contributed by atoms with Crippen molar-refractivity contribution in [3.63, 3.8) is 0 Å². The Labute approximate surface area is 157 Å². The van der Waals surface area contributed by atoms with Crippen molar-refractivity contribution in [3.8, 4) is 0 Å². The summed E-state index contributed by atoms with van der Waals surface area (Å²) >= 11 is 12.0. The van der Waals surface area contributed by atoms with Crippen LogP contribution in [-0.4, -0.2) is 29.8 Å². The van der Waals surface area contributed by atoms with Crippen LogP contribution in [0.1, 0.15) is 18.9 Å². The molecule has 0 bridgehead atoms. The highest BCUT2D eigenvalue weighted by Gasteiger charge is 2.15. The van der Waals surface area contributed by atoms with Crippen molar-refractivity contribution in [2.75, 3.05) is 18.4 Å². The van der Waals surface area contributed by atoms with E-state index < -0.39 is 0 Å². The number of hydrogen-bond donors (Lipinski definition) is 1. The molecule has 2 rings (SSSR count). The molecule has 132 valence electrons. The van der Waals surface area contributed by atoms with Crippen LogP contribution < -0.4 is 5.32 Å². The minimum atomic E-state index is -0.306. The first kappa shape index (κ1) is 19.3. The van der Waals surface area contributed by atoms with E-state index in [0.717, 1.165) is 12.8 Å². The van der Waals surface area contributed by atoms with Crippen molar-refractivity contribution in [2.24, 2.45) is 0 Å². The zero-order valence-corrected chi connectivity index (χ0v) is 15.5. The van der Waals surface area contributed by atoms with Gasteiger partial charge in [-0.25, -0.2) is 0 Å². The highest BCUT2D eigenvalue weighted by atomic mass is 35.5. The number of carbonyl (C=O) groups excluding carboxylic acids is 2. The van der Waals surface area contributed by atoms with Crippen LogP contribution in [0.15, 0.2) is 48.5 Å². The molecule has 0 spiro atoms. The number of nitrogens with one attached hydrogen (secondary N) is 1. The minimum Gasteiger partial charge on any atom is -0.334 e. The summed E-state index contributed by atoms with van der Waals surface area (Å²) in [5.41, 5.74) is 1.65. The van der Waals surface area contributed by atoms with E-state index in [-0.39, 0.29) is 23.4 Å². The van der Waals surface area contributed by atoms with Crippen LogP contribution >= 0.6 is 23.2 Å². The highest BCUT2D eigenvalue weighted by molar-refractivity contribution is 6.44. The quantitative estimate of drug-likeness (QED) is 0.775. The van der Waals surface area contributed by atoms with E-state index in [9.17, 15) is 9.59 Å². The Morgan fingerprint density at radius 2 is 1.76 bits per heavy atom. The zero-order valence-electron chi connectivity index (χ0n) is 14.0. The topological polar surface area (TPSA) is 49.4 Å². The number of anilines is 1. The van der Waals surface area contributed by atoms with E-state index in [2.05, 4.69) is 5.32 Å². The van der Waals surface area contributed by atoms with Gasteiger partial charge in [0, 0.05) is 13.5 Å². The van der Waals surface area contributed by atoms with Crippen LogP contribution in [0.3, 0.4) is 0 Å². The summed E-state index contributed by atoms with van der Waals surface area (Å²) in [6.45, 7) is 1.95. The Hall–Kier alpha value is -2.04. The predicted octanol–water partition coefficient (Wildman–Crippen LogP) is 4.41. The Morgan fingerprint density at radius 3 is 2.44 bits per heavy atom. The van der Waals surface area contributed by atoms with E-state index in [1.165, 1.54) is 17.4 Å². The van der Waals surface area contributed by atoms with Crippen molar-refractivity contribution < 1.29 is 9.59 Å². The van der Waals surface area contributed by atoms with E-state index in [0.29, 0.717) is 17.3 Å². The summed E-state index contributed by atoms with van der Waals surface area (Å²) in [6, 6.07) is 15.0. The molecule has 0 saturated heterocycles. The number of halogens is 2. The molecule has 2 aromatic carbocycles. The van der Waals surface area contributed by atoms with Crippen LogP contribution in [0.2, 0.25) is 10.0 Å². The second kappa shape index (κ2) is 9.44. The average Bonchev–Trinajstić information content (AvgIpc) is 2.59. The van der Waals surface area contributed by atoms with Gasteiger partial charge >= 0.3 is 0 Å². The number of benzene rings is 2. The second-order valence-corrected chi connectivity index (χ2v) is 6.46. The fraction of sp³-hybridized carbons (Fsp3) is 0.263. The van der Waals surface area contributed by atoms with Crippen molar-refractivity contribution in [1.82, 2.24) is 4.90 Å². The first-order valence-corrected chi connectivity index (χ1v) is 8.76. The molecule has 0 aliphatic rings. The summed E-state index contributed by atoms with van der Waals surface area (Å²) in [5.74, 6) is -0.445. The Bertz CT molecular complexity index is 735. The van der Waals surface area contributed by atoms with Gasteiger partial charge in [-0.2, -0.15) is 0 Å². The number of aryl methyl sites for hydroxylation is 1. The van der Waals surface area contributed by atoms with Gasteiger partial charge in [-0.3, -0.25) is 9.59 Å². The van der Waals surface area contributed by atoms with Gasteiger partial charge in [0.2, 0.25) is 11.8 Å². The van der Waals surface area contributed by atoms with Gasteiger partial charge in [-0.05, 0) is 30.5 Å². The first-order chi connectivity index (χ1) is 12.0. The summed E-state index contributed by atoms with van der Waals surface area (Å²) in [6.07, 6.45) is 1.64. The Morgan fingerprint density at radius 1 is 1.04 bits per heavy atom. The lowest BCUT2D eigenvalue weighted by molar-refractivity contribution is -0.132.